The Morgan fingerprint density at radius 1 is 1.50 bits per heavy atom. The Hall–Kier alpha value is -0.370. The number of hydrogen-bond acceptors (Lipinski definition) is 2. The summed E-state index contributed by atoms with van der Waals surface area (Å²) < 4.78 is 0. The van der Waals surface area contributed by atoms with Crippen LogP contribution in [0.25, 0.3) is 0 Å². The average Bonchev–Trinajstić information content (AvgIpc) is 1.59. The molecule has 0 aromatic heterocycles. The zero-order chi connectivity index (χ0) is 8.20. The molecule has 2 nitrogen and oxygen atoms in total. The highest BCUT2D eigenvalue weighted by molar-refractivity contribution is 5.79. The third-order valence-electron chi connectivity index (χ3n) is 1.16. The lowest BCUT2D eigenvalue weighted by molar-refractivity contribution is -0.122. The second kappa shape index (κ2) is 3.71. The highest BCUT2D eigenvalue weighted by Crippen LogP contribution is 2.09. The maximum Gasteiger partial charge on any atom is 0.135 e. The van der Waals surface area contributed by atoms with Crippen LogP contribution < -0.4 is 0 Å². The van der Waals surface area contributed by atoms with Crippen molar-refractivity contribution in [2.45, 2.75) is 45.6 Å². The molecule has 0 saturated carbocycles. The molecule has 0 aliphatic rings. The number of Topliss-reactive ketones (excluding diaryl/α,β-unsaturated/α-hetero) is 1. The normalized spacial score (nSPS) is 11.6. The van der Waals surface area contributed by atoms with Crippen LogP contribution in [0.3, 0.4) is 0 Å². The van der Waals surface area contributed by atoms with Gasteiger partial charge in [-0.25, -0.2) is 0 Å². The SMILES string of the molecule is CCCC(=O)CC(C)(C)O. The van der Waals surface area contributed by atoms with Gasteiger partial charge in [0.1, 0.15) is 5.78 Å². The molecular formula is C8H16O2. The van der Waals surface area contributed by atoms with E-state index in [-0.39, 0.29) is 12.2 Å². The molecule has 0 aliphatic carbocycles. The summed E-state index contributed by atoms with van der Waals surface area (Å²) in [6, 6.07) is 0. The van der Waals surface area contributed by atoms with E-state index in [0.29, 0.717) is 6.42 Å². The van der Waals surface area contributed by atoms with Crippen LogP contribution in [-0.2, 0) is 4.79 Å². The van der Waals surface area contributed by atoms with Crippen molar-refractivity contribution in [2.24, 2.45) is 0 Å². The lowest BCUT2D eigenvalue weighted by atomic mass is 10.00. The van der Waals surface area contributed by atoms with Crippen LogP contribution in [0.5, 0.6) is 0 Å². The first kappa shape index (κ1) is 9.63. The van der Waals surface area contributed by atoms with E-state index in [0.717, 1.165) is 6.42 Å². The van der Waals surface area contributed by atoms with E-state index >= 15 is 0 Å². The first-order chi connectivity index (χ1) is 4.45. The maximum absolute atomic E-state index is 10.9. The molecule has 0 unspecified atom stereocenters. The van der Waals surface area contributed by atoms with Gasteiger partial charge in [-0.1, -0.05) is 6.92 Å². The largest absolute Gasteiger partial charge is 0.390 e. The monoisotopic (exact) mass is 144 g/mol. The summed E-state index contributed by atoms with van der Waals surface area (Å²) in [6.45, 7) is 5.27. The highest BCUT2D eigenvalue weighted by atomic mass is 16.3. The Bertz CT molecular complexity index is 111. The van der Waals surface area contributed by atoms with Crippen molar-refractivity contribution in [1.29, 1.82) is 0 Å². The molecule has 0 amide bonds. The van der Waals surface area contributed by atoms with Crippen molar-refractivity contribution < 1.29 is 9.90 Å². The molecule has 0 radical (unpaired) electrons. The summed E-state index contributed by atoms with van der Waals surface area (Å²) >= 11 is 0. The van der Waals surface area contributed by atoms with E-state index in [1.54, 1.807) is 13.8 Å². The number of carbonyl (C=O) groups is 1. The quantitative estimate of drug-likeness (QED) is 0.649. The van der Waals surface area contributed by atoms with Crippen molar-refractivity contribution in [3.8, 4) is 0 Å². The maximum atomic E-state index is 10.9. The number of ketones is 1. The summed E-state index contributed by atoms with van der Waals surface area (Å²) in [6.07, 6.45) is 1.74. The minimum absolute atomic E-state index is 0.148. The van der Waals surface area contributed by atoms with Crippen molar-refractivity contribution in [2.75, 3.05) is 0 Å². The van der Waals surface area contributed by atoms with Gasteiger partial charge in [-0.05, 0) is 20.3 Å². The van der Waals surface area contributed by atoms with Gasteiger partial charge in [0.05, 0.1) is 5.60 Å². The van der Waals surface area contributed by atoms with Gasteiger partial charge in [0.25, 0.3) is 0 Å². The summed E-state index contributed by atoms with van der Waals surface area (Å²) in [5.41, 5.74) is -0.827. The van der Waals surface area contributed by atoms with E-state index in [4.69, 9.17) is 0 Å². The molecule has 0 fully saturated rings. The van der Waals surface area contributed by atoms with E-state index in [2.05, 4.69) is 0 Å². The molecule has 0 aliphatic heterocycles. The van der Waals surface area contributed by atoms with E-state index in [9.17, 15) is 9.90 Å². The van der Waals surface area contributed by atoms with Crippen molar-refractivity contribution in [3.63, 3.8) is 0 Å². The average molecular weight is 144 g/mol. The van der Waals surface area contributed by atoms with Crippen LogP contribution in [-0.4, -0.2) is 16.5 Å². The van der Waals surface area contributed by atoms with Crippen LogP contribution in [0, 0.1) is 0 Å². The molecular weight excluding hydrogens is 128 g/mol. The first-order valence-electron chi connectivity index (χ1n) is 3.70. The molecule has 1 N–H and O–H groups in total. The van der Waals surface area contributed by atoms with Crippen LogP contribution in [0.2, 0.25) is 0 Å². The summed E-state index contributed by atoms with van der Waals surface area (Å²) in [4.78, 5) is 10.9. The van der Waals surface area contributed by atoms with Gasteiger partial charge in [-0.15, -0.1) is 0 Å². The van der Waals surface area contributed by atoms with Gasteiger partial charge in [0, 0.05) is 12.8 Å². The third kappa shape index (κ3) is 5.76. The molecule has 0 heterocycles. The summed E-state index contributed by atoms with van der Waals surface area (Å²) in [5, 5.41) is 9.19. The highest BCUT2D eigenvalue weighted by Gasteiger charge is 2.16. The van der Waals surface area contributed by atoms with Gasteiger partial charge >= 0.3 is 0 Å². The predicted molar refractivity (Wildman–Crippen MR) is 40.8 cm³/mol. The topological polar surface area (TPSA) is 37.3 Å². The predicted octanol–water partition coefficient (Wildman–Crippen LogP) is 1.52. The van der Waals surface area contributed by atoms with Crippen molar-refractivity contribution >= 4 is 5.78 Å². The number of aliphatic hydroxyl groups is 1. The lowest BCUT2D eigenvalue weighted by Gasteiger charge is -2.14. The minimum atomic E-state index is -0.827. The molecule has 0 aromatic carbocycles. The molecule has 2 heteroatoms. The van der Waals surface area contributed by atoms with Gasteiger partial charge in [0.2, 0.25) is 0 Å². The Kier molecular flexibility index (Phi) is 3.58. The van der Waals surface area contributed by atoms with Gasteiger partial charge in [-0.3, -0.25) is 4.79 Å². The van der Waals surface area contributed by atoms with E-state index < -0.39 is 5.60 Å². The third-order valence-corrected chi connectivity index (χ3v) is 1.16. The molecule has 10 heavy (non-hydrogen) atoms. The fraction of sp³-hybridized carbons (Fsp3) is 0.875. The number of hydrogen-bond donors (Lipinski definition) is 1. The molecule has 60 valence electrons. The summed E-state index contributed by atoms with van der Waals surface area (Å²) in [5.74, 6) is 0.148. The van der Waals surface area contributed by atoms with E-state index in [1.165, 1.54) is 0 Å². The zero-order valence-electron chi connectivity index (χ0n) is 6.98. The van der Waals surface area contributed by atoms with Crippen molar-refractivity contribution in [1.82, 2.24) is 0 Å². The molecule has 0 spiro atoms. The fourth-order valence-corrected chi connectivity index (χ4v) is 0.850. The van der Waals surface area contributed by atoms with E-state index in [1.807, 2.05) is 6.92 Å². The van der Waals surface area contributed by atoms with Crippen LogP contribution >= 0.6 is 0 Å². The molecule has 0 saturated heterocycles. The Labute approximate surface area is 62.2 Å². The second-order valence-corrected chi connectivity index (χ2v) is 3.28. The Morgan fingerprint density at radius 2 is 2.00 bits per heavy atom. The second-order valence-electron chi connectivity index (χ2n) is 3.28. The molecule has 0 rings (SSSR count). The summed E-state index contributed by atoms with van der Waals surface area (Å²) in [7, 11) is 0. The number of carbonyl (C=O) groups excluding carboxylic acids is 1. The molecule has 0 bridgehead atoms. The minimum Gasteiger partial charge on any atom is -0.390 e. The Balaban J connectivity index is 3.58. The van der Waals surface area contributed by atoms with Gasteiger partial charge in [0.15, 0.2) is 0 Å². The van der Waals surface area contributed by atoms with Gasteiger partial charge < -0.3 is 5.11 Å². The smallest absolute Gasteiger partial charge is 0.135 e. The number of rotatable bonds is 4. The molecule has 0 atom stereocenters. The standard InChI is InChI=1S/C8H16O2/c1-4-5-7(9)6-8(2,3)10/h10H,4-6H2,1-3H3. The van der Waals surface area contributed by atoms with Crippen LogP contribution in [0.15, 0.2) is 0 Å². The Morgan fingerprint density at radius 3 is 2.30 bits per heavy atom. The van der Waals surface area contributed by atoms with Gasteiger partial charge in [-0.2, -0.15) is 0 Å². The van der Waals surface area contributed by atoms with Crippen LogP contribution in [0.4, 0.5) is 0 Å². The van der Waals surface area contributed by atoms with Crippen molar-refractivity contribution in [3.05, 3.63) is 0 Å². The molecule has 0 aromatic rings. The fourth-order valence-electron chi connectivity index (χ4n) is 0.850. The lowest BCUT2D eigenvalue weighted by Crippen LogP contribution is -2.22. The van der Waals surface area contributed by atoms with Crippen LogP contribution in [0.1, 0.15) is 40.0 Å². The first-order valence-corrected chi connectivity index (χ1v) is 3.70. The zero-order valence-corrected chi connectivity index (χ0v) is 6.98.